The molecule has 0 spiro atoms. The molecule has 1 N–H and O–H groups in total. The van der Waals surface area contributed by atoms with Gasteiger partial charge < -0.3 is 15.0 Å². The Morgan fingerprint density at radius 2 is 1.69 bits per heavy atom. The van der Waals surface area contributed by atoms with E-state index in [-0.39, 0.29) is 18.4 Å². The third kappa shape index (κ3) is 6.08. The number of rotatable bonds is 6. The second-order valence-electron chi connectivity index (χ2n) is 7.85. The standard InChI is InChI=1S/C24H30N2O3/c1-18(2)19-10-12-22(13-11-19)29-17-23(27)25-21-9-7-8-20(16-21)24(28)26-14-5-3-4-6-15-26/h7-13,16,18H,3-6,14-15,17H2,1-2H3,(H,25,27). The van der Waals surface area contributed by atoms with Crippen molar-refractivity contribution in [1.29, 1.82) is 0 Å². The van der Waals surface area contributed by atoms with Gasteiger partial charge >= 0.3 is 0 Å². The van der Waals surface area contributed by atoms with Crippen molar-refractivity contribution < 1.29 is 14.3 Å². The predicted octanol–water partition coefficient (Wildman–Crippen LogP) is 4.84. The van der Waals surface area contributed by atoms with E-state index in [1.807, 2.05) is 29.2 Å². The summed E-state index contributed by atoms with van der Waals surface area (Å²) in [4.78, 5) is 26.9. The lowest BCUT2D eigenvalue weighted by Gasteiger charge is -2.20. The minimum atomic E-state index is -0.252. The number of benzene rings is 2. The third-order valence-corrected chi connectivity index (χ3v) is 5.20. The summed E-state index contributed by atoms with van der Waals surface area (Å²) in [5.41, 5.74) is 2.44. The maximum atomic E-state index is 12.8. The highest BCUT2D eigenvalue weighted by atomic mass is 16.5. The van der Waals surface area contributed by atoms with Crippen LogP contribution in [0.2, 0.25) is 0 Å². The van der Waals surface area contributed by atoms with Crippen molar-refractivity contribution in [3.63, 3.8) is 0 Å². The molecule has 0 aromatic heterocycles. The summed E-state index contributed by atoms with van der Waals surface area (Å²) in [7, 11) is 0. The molecule has 0 aliphatic carbocycles. The molecule has 0 radical (unpaired) electrons. The smallest absolute Gasteiger partial charge is 0.262 e. The Balaban J connectivity index is 1.55. The van der Waals surface area contributed by atoms with Gasteiger partial charge in [-0.25, -0.2) is 0 Å². The average Bonchev–Trinajstić information content (AvgIpc) is 3.02. The van der Waals surface area contributed by atoms with Crippen molar-refractivity contribution in [2.75, 3.05) is 25.0 Å². The maximum absolute atomic E-state index is 12.8. The molecule has 1 heterocycles. The average molecular weight is 395 g/mol. The zero-order valence-electron chi connectivity index (χ0n) is 17.3. The van der Waals surface area contributed by atoms with Crippen molar-refractivity contribution >= 4 is 17.5 Å². The molecule has 3 rings (SSSR count). The molecule has 1 saturated heterocycles. The summed E-state index contributed by atoms with van der Waals surface area (Å²) >= 11 is 0. The summed E-state index contributed by atoms with van der Waals surface area (Å²) in [5, 5.41) is 2.82. The lowest BCUT2D eigenvalue weighted by atomic mass is 10.0. The van der Waals surface area contributed by atoms with Crippen LogP contribution in [0.15, 0.2) is 48.5 Å². The van der Waals surface area contributed by atoms with Crippen molar-refractivity contribution in [3.8, 4) is 5.75 Å². The molecule has 5 nitrogen and oxygen atoms in total. The molecule has 2 aromatic carbocycles. The highest BCUT2D eigenvalue weighted by Crippen LogP contribution is 2.19. The Kier molecular flexibility index (Phi) is 7.28. The van der Waals surface area contributed by atoms with E-state index in [9.17, 15) is 9.59 Å². The molecule has 1 aliphatic rings. The quantitative estimate of drug-likeness (QED) is 0.762. The number of carbonyl (C=O) groups is 2. The monoisotopic (exact) mass is 394 g/mol. The molecular weight excluding hydrogens is 364 g/mol. The van der Waals surface area contributed by atoms with Gasteiger partial charge in [-0.05, 0) is 54.7 Å². The van der Waals surface area contributed by atoms with Crippen LogP contribution in [-0.2, 0) is 4.79 Å². The van der Waals surface area contributed by atoms with Gasteiger partial charge in [-0.2, -0.15) is 0 Å². The van der Waals surface area contributed by atoms with Crippen molar-refractivity contribution in [3.05, 3.63) is 59.7 Å². The van der Waals surface area contributed by atoms with E-state index in [0.717, 1.165) is 25.9 Å². The van der Waals surface area contributed by atoms with Gasteiger partial charge in [-0.3, -0.25) is 9.59 Å². The van der Waals surface area contributed by atoms with Crippen molar-refractivity contribution in [2.24, 2.45) is 0 Å². The normalized spacial score (nSPS) is 14.4. The minimum Gasteiger partial charge on any atom is -0.484 e. The molecule has 5 heteroatoms. The number of amides is 2. The molecular formula is C24H30N2O3. The summed E-state index contributed by atoms with van der Waals surface area (Å²) in [5.74, 6) is 0.896. The molecule has 2 amide bonds. The predicted molar refractivity (Wildman–Crippen MR) is 115 cm³/mol. The number of ether oxygens (including phenoxy) is 1. The fraction of sp³-hybridized carbons (Fsp3) is 0.417. The van der Waals surface area contributed by atoms with E-state index in [4.69, 9.17) is 4.74 Å². The highest BCUT2D eigenvalue weighted by molar-refractivity contribution is 5.97. The zero-order chi connectivity index (χ0) is 20.6. The second-order valence-corrected chi connectivity index (χ2v) is 7.85. The van der Waals surface area contributed by atoms with E-state index >= 15 is 0 Å². The topological polar surface area (TPSA) is 58.6 Å². The van der Waals surface area contributed by atoms with E-state index < -0.39 is 0 Å². The highest BCUT2D eigenvalue weighted by Gasteiger charge is 2.17. The first-order chi connectivity index (χ1) is 14.0. The van der Waals surface area contributed by atoms with Gasteiger partial charge in [0, 0.05) is 24.3 Å². The van der Waals surface area contributed by atoms with Gasteiger partial charge in [0.2, 0.25) is 0 Å². The van der Waals surface area contributed by atoms with E-state index in [0.29, 0.717) is 22.9 Å². The molecule has 1 aliphatic heterocycles. The van der Waals surface area contributed by atoms with Crippen LogP contribution < -0.4 is 10.1 Å². The number of likely N-dealkylation sites (tertiary alicyclic amines) is 1. The van der Waals surface area contributed by atoms with Crippen LogP contribution >= 0.6 is 0 Å². The Bertz CT molecular complexity index is 822. The Hall–Kier alpha value is -2.82. The van der Waals surface area contributed by atoms with Crippen LogP contribution in [-0.4, -0.2) is 36.4 Å². The van der Waals surface area contributed by atoms with Crippen LogP contribution in [0, 0.1) is 0 Å². The van der Waals surface area contributed by atoms with Crippen LogP contribution in [0.5, 0.6) is 5.75 Å². The first-order valence-corrected chi connectivity index (χ1v) is 10.4. The fourth-order valence-electron chi connectivity index (χ4n) is 3.48. The van der Waals surface area contributed by atoms with Gasteiger partial charge in [0.1, 0.15) is 5.75 Å². The Labute approximate surface area is 173 Å². The van der Waals surface area contributed by atoms with Gasteiger partial charge in [0.15, 0.2) is 6.61 Å². The number of carbonyl (C=O) groups excluding carboxylic acids is 2. The minimum absolute atomic E-state index is 0.0319. The molecule has 0 saturated carbocycles. The van der Waals surface area contributed by atoms with Crippen LogP contribution in [0.3, 0.4) is 0 Å². The molecule has 0 unspecified atom stereocenters. The number of nitrogens with zero attached hydrogens (tertiary/aromatic N) is 1. The first kappa shape index (κ1) is 20.9. The third-order valence-electron chi connectivity index (χ3n) is 5.20. The van der Waals surface area contributed by atoms with E-state index in [2.05, 4.69) is 19.2 Å². The van der Waals surface area contributed by atoms with Gasteiger partial charge in [-0.15, -0.1) is 0 Å². The zero-order valence-corrected chi connectivity index (χ0v) is 17.3. The summed E-state index contributed by atoms with van der Waals surface area (Å²) in [6, 6.07) is 14.9. The Morgan fingerprint density at radius 1 is 1.00 bits per heavy atom. The lowest BCUT2D eigenvalue weighted by Crippen LogP contribution is -2.31. The molecule has 154 valence electrons. The molecule has 0 atom stereocenters. The van der Waals surface area contributed by atoms with Crippen molar-refractivity contribution in [2.45, 2.75) is 45.4 Å². The van der Waals surface area contributed by atoms with Gasteiger partial charge in [0.05, 0.1) is 0 Å². The van der Waals surface area contributed by atoms with Crippen LogP contribution in [0.4, 0.5) is 5.69 Å². The second kappa shape index (κ2) is 10.1. The number of hydrogen-bond donors (Lipinski definition) is 1. The maximum Gasteiger partial charge on any atom is 0.262 e. The molecule has 2 aromatic rings. The van der Waals surface area contributed by atoms with E-state index in [1.54, 1.807) is 24.3 Å². The summed E-state index contributed by atoms with van der Waals surface area (Å²) < 4.78 is 5.57. The van der Waals surface area contributed by atoms with Gasteiger partial charge in [-0.1, -0.05) is 44.9 Å². The molecule has 1 fully saturated rings. The van der Waals surface area contributed by atoms with Crippen LogP contribution in [0.25, 0.3) is 0 Å². The van der Waals surface area contributed by atoms with Crippen LogP contribution in [0.1, 0.15) is 61.4 Å². The number of nitrogens with one attached hydrogen (secondary N) is 1. The molecule has 29 heavy (non-hydrogen) atoms. The van der Waals surface area contributed by atoms with Gasteiger partial charge in [0.25, 0.3) is 11.8 Å². The lowest BCUT2D eigenvalue weighted by molar-refractivity contribution is -0.118. The number of hydrogen-bond acceptors (Lipinski definition) is 3. The SMILES string of the molecule is CC(C)c1ccc(OCC(=O)Nc2cccc(C(=O)N3CCCCCC3)c2)cc1. The summed E-state index contributed by atoms with van der Waals surface area (Å²) in [6.07, 6.45) is 4.47. The van der Waals surface area contributed by atoms with E-state index in [1.165, 1.54) is 18.4 Å². The fourth-order valence-corrected chi connectivity index (χ4v) is 3.48. The summed E-state index contributed by atoms with van der Waals surface area (Å²) in [6.45, 7) is 5.80. The largest absolute Gasteiger partial charge is 0.484 e. The Morgan fingerprint density at radius 3 is 2.34 bits per heavy atom. The first-order valence-electron chi connectivity index (χ1n) is 10.4. The van der Waals surface area contributed by atoms with Crippen molar-refractivity contribution in [1.82, 2.24) is 4.90 Å². The molecule has 0 bridgehead atoms. The number of anilines is 1.